The van der Waals surface area contributed by atoms with E-state index < -0.39 is 11.2 Å². The summed E-state index contributed by atoms with van der Waals surface area (Å²) in [6.07, 6.45) is 4.01. The second-order valence-corrected chi connectivity index (χ2v) is 6.72. The van der Waals surface area contributed by atoms with E-state index in [4.69, 9.17) is 0 Å². The van der Waals surface area contributed by atoms with Crippen LogP contribution in [0.4, 0.5) is 9.93 Å². The van der Waals surface area contributed by atoms with Gasteiger partial charge in [0, 0.05) is 24.5 Å². The second kappa shape index (κ2) is 6.82. The minimum atomic E-state index is -0.711. The fourth-order valence-corrected chi connectivity index (χ4v) is 4.17. The number of carbonyl (C=O) groups excluding carboxylic acids is 3. The highest BCUT2D eigenvalue weighted by Crippen LogP contribution is 2.35. The van der Waals surface area contributed by atoms with E-state index in [2.05, 4.69) is 22.6 Å². The third-order valence-corrected chi connectivity index (χ3v) is 5.31. The Labute approximate surface area is 148 Å². The number of hydrogen-bond acceptors (Lipinski definition) is 6. The van der Waals surface area contributed by atoms with Crippen molar-refractivity contribution in [2.75, 3.05) is 11.4 Å². The van der Waals surface area contributed by atoms with E-state index in [1.807, 2.05) is 6.92 Å². The molecule has 0 fully saturated rings. The van der Waals surface area contributed by atoms with Gasteiger partial charge >= 0.3 is 0 Å². The van der Waals surface area contributed by atoms with Crippen molar-refractivity contribution >= 4 is 45.9 Å². The normalized spacial score (nSPS) is 16.6. The molecule has 6 nitrogen and oxygen atoms in total. The summed E-state index contributed by atoms with van der Waals surface area (Å²) in [6, 6.07) is 3.34. The first-order valence-corrected chi connectivity index (χ1v) is 8.78. The number of thiol groups is 1. The van der Waals surface area contributed by atoms with Crippen LogP contribution in [0, 0.1) is 5.92 Å². The Hall–Kier alpha value is -2.06. The third kappa shape index (κ3) is 2.99. The van der Waals surface area contributed by atoms with Gasteiger partial charge in [-0.25, -0.2) is 4.98 Å². The molecular formula is C16H15N3O3S2. The number of amides is 1. The number of pyridine rings is 1. The summed E-state index contributed by atoms with van der Waals surface area (Å²) < 4.78 is 0. The number of rotatable bonds is 4. The molecule has 1 aliphatic carbocycles. The van der Waals surface area contributed by atoms with E-state index in [9.17, 15) is 14.4 Å². The average Bonchev–Trinajstić information content (AvgIpc) is 3.00. The molecule has 2 aromatic heterocycles. The number of Topliss-reactive ketones (excluding diaryl/α,β-unsaturated/α-hetero) is 2. The van der Waals surface area contributed by atoms with Crippen molar-refractivity contribution in [1.82, 2.24) is 9.97 Å². The predicted octanol–water partition coefficient (Wildman–Crippen LogP) is 3.04. The fourth-order valence-electron chi connectivity index (χ4n) is 2.70. The predicted molar refractivity (Wildman–Crippen MR) is 94.2 cm³/mol. The zero-order valence-electron chi connectivity index (χ0n) is 12.9. The van der Waals surface area contributed by atoms with E-state index in [-0.39, 0.29) is 11.6 Å². The lowest BCUT2D eigenvalue weighted by Crippen LogP contribution is -2.28. The number of aryl methyl sites for hydroxylation is 1. The smallest absolute Gasteiger partial charge is 0.284 e. The van der Waals surface area contributed by atoms with Gasteiger partial charge in [0.2, 0.25) is 0 Å². The molecule has 0 aromatic carbocycles. The Morgan fingerprint density at radius 3 is 2.88 bits per heavy atom. The molecule has 1 unspecified atom stereocenters. The van der Waals surface area contributed by atoms with Crippen LogP contribution < -0.4 is 4.90 Å². The number of aromatic nitrogens is 2. The highest BCUT2D eigenvalue weighted by Gasteiger charge is 2.36. The van der Waals surface area contributed by atoms with Crippen molar-refractivity contribution in [1.29, 1.82) is 0 Å². The van der Waals surface area contributed by atoms with Gasteiger partial charge in [0.1, 0.15) is 0 Å². The van der Waals surface area contributed by atoms with Gasteiger partial charge in [0.25, 0.3) is 5.24 Å². The van der Waals surface area contributed by atoms with Crippen molar-refractivity contribution in [3.05, 3.63) is 40.7 Å². The van der Waals surface area contributed by atoms with Gasteiger partial charge in [-0.2, -0.15) is 0 Å². The SMILES string of the molecule is CCN(C(=O)S)c1nc2c(s1)C(=O)C(C(=O)c1cccnc1)CC2. The van der Waals surface area contributed by atoms with E-state index in [0.717, 1.165) is 11.3 Å². The van der Waals surface area contributed by atoms with Gasteiger partial charge < -0.3 is 0 Å². The number of nitrogens with zero attached hydrogens (tertiary/aromatic N) is 3. The van der Waals surface area contributed by atoms with Crippen LogP contribution in [0.2, 0.25) is 0 Å². The number of carbonyl (C=O) groups is 3. The zero-order chi connectivity index (χ0) is 17.3. The van der Waals surface area contributed by atoms with Gasteiger partial charge in [0.05, 0.1) is 16.5 Å². The highest BCUT2D eigenvalue weighted by molar-refractivity contribution is 7.97. The molecule has 2 aromatic rings. The topological polar surface area (TPSA) is 80.2 Å². The first kappa shape index (κ1) is 16.8. The zero-order valence-corrected chi connectivity index (χ0v) is 14.6. The first-order chi connectivity index (χ1) is 11.5. The maximum Gasteiger partial charge on any atom is 0.284 e. The summed E-state index contributed by atoms with van der Waals surface area (Å²) in [6.45, 7) is 2.23. The molecule has 1 aliphatic rings. The van der Waals surface area contributed by atoms with Gasteiger partial charge in [-0.1, -0.05) is 24.0 Å². The molecule has 2 heterocycles. The minimum absolute atomic E-state index is 0.216. The van der Waals surface area contributed by atoms with Crippen molar-refractivity contribution in [2.45, 2.75) is 19.8 Å². The Kier molecular flexibility index (Phi) is 4.77. The molecular weight excluding hydrogens is 346 g/mol. The van der Waals surface area contributed by atoms with Gasteiger partial charge in [0.15, 0.2) is 16.7 Å². The van der Waals surface area contributed by atoms with Gasteiger partial charge in [-0.05, 0) is 31.9 Å². The summed E-state index contributed by atoms with van der Waals surface area (Å²) in [5.41, 5.74) is 1.09. The summed E-state index contributed by atoms with van der Waals surface area (Å²) in [5, 5.41) is 0.0318. The lowest BCUT2D eigenvalue weighted by Gasteiger charge is -2.18. The van der Waals surface area contributed by atoms with Gasteiger partial charge in [-0.15, -0.1) is 0 Å². The van der Waals surface area contributed by atoms with E-state index >= 15 is 0 Å². The maximum absolute atomic E-state index is 12.7. The molecule has 0 spiro atoms. The highest BCUT2D eigenvalue weighted by atomic mass is 32.1. The number of hydrogen-bond donors (Lipinski definition) is 1. The van der Waals surface area contributed by atoms with E-state index in [0.29, 0.717) is 40.7 Å². The lowest BCUT2D eigenvalue weighted by molar-refractivity contribution is 0.0792. The monoisotopic (exact) mass is 361 g/mol. The van der Waals surface area contributed by atoms with Crippen molar-refractivity contribution in [3.8, 4) is 0 Å². The number of anilines is 1. The maximum atomic E-state index is 12.7. The Balaban J connectivity index is 1.89. The Morgan fingerprint density at radius 1 is 1.46 bits per heavy atom. The van der Waals surface area contributed by atoms with Crippen LogP contribution in [-0.4, -0.2) is 33.3 Å². The van der Waals surface area contributed by atoms with Crippen LogP contribution in [0.3, 0.4) is 0 Å². The van der Waals surface area contributed by atoms with E-state index in [1.54, 1.807) is 18.3 Å². The standard InChI is InChI=1S/C16H15N3O3S2/c1-2-19(16(22)23)15-18-11-6-5-10(13(21)14(11)24-15)12(20)9-4-3-7-17-8-9/h3-4,7-8,10H,2,5-6H2,1H3,(H,22,23). The number of thiazole rings is 1. The van der Waals surface area contributed by atoms with Crippen LogP contribution in [0.5, 0.6) is 0 Å². The largest absolute Gasteiger partial charge is 0.293 e. The molecule has 0 N–H and O–H groups in total. The molecule has 3 rings (SSSR count). The molecule has 1 amide bonds. The van der Waals surface area contributed by atoms with Crippen molar-refractivity contribution in [2.24, 2.45) is 5.92 Å². The third-order valence-electron chi connectivity index (χ3n) is 3.94. The average molecular weight is 361 g/mol. The number of fused-ring (bicyclic) bond motifs is 1. The van der Waals surface area contributed by atoms with Crippen molar-refractivity contribution < 1.29 is 14.4 Å². The molecule has 0 saturated heterocycles. The molecule has 0 bridgehead atoms. The summed E-state index contributed by atoms with van der Waals surface area (Å²) in [4.78, 5) is 47.0. The fraction of sp³-hybridized carbons (Fsp3) is 0.312. The molecule has 0 aliphatic heterocycles. The molecule has 8 heteroatoms. The summed E-state index contributed by atoms with van der Waals surface area (Å²) in [5.74, 6) is -1.15. The molecule has 0 radical (unpaired) electrons. The quantitative estimate of drug-likeness (QED) is 0.514. The summed E-state index contributed by atoms with van der Waals surface area (Å²) >= 11 is 4.98. The molecule has 1 atom stereocenters. The minimum Gasteiger partial charge on any atom is -0.293 e. The van der Waals surface area contributed by atoms with Crippen LogP contribution in [-0.2, 0) is 6.42 Å². The second-order valence-electron chi connectivity index (χ2n) is 5.36. The van der Waals surface area contributed by atoms with Crippen LogP contribution in [0.15, 0.2) is 24.5 Å². The van der Waals surface area contributed by atoms with Crippen molar-refractivity contribution in [3.63, 3.8) is 0 Å². The molecule has 124 valence electrons. The Morgan fingerprint density at radius 2 is 2.25 bits per heavy atom. The Bertz CT molecular complexity index is 804. The van der Waals surface area contributed by atoms with Crippen LogP contribution in [0.25, 0.3) is 0 Å². The van der Waals surface area contributed by atoms with Crippen LogP contribution >= 0.6 is 24.0 Å². The van der Waals surface area contributed by atoms with E-state index in [1.165, 1.54) is 11.1 Å². The molecule has 0 saturated carbocycles. The first-order valence-electron chi connectivity index (χ1n) is 7.51. The lowest BCUT2D eigenvalue weighted by atomic mass is 9.84. The molecule has 24 heavy (non-hydrogen) atoms. The van der Waals surface area contributed by atoms with Crippen LogP contribution in [0.1, 0.15) is 39.1 Å². The van der Waals surface area contributed by atoms with Gasteiger partial charge in [-0.3, -0.25) is 24.3 Å². The number of ketones is 2. The summed E-state index contributed by atoms with van der Waals surface area (Å²) in [7, 11) is 0.